The maximum absolute atomic E-state index is 12.7. The van der Waals surface area contributed by atoms with Gasteiger partial charge in [-0.25, -0.2) is 19.7 Å². The van der Waals surface area contributed by atoms with Crippen molar-refractivity contribution < 1.29 is 56.7 Å². The molecule has 1 aliphatic rings. The van der Waals surface area contributed by atoms with Crippen LogP contribution in [0.15, 0.2) is 36.9 Å². The fourth-order valence-electron chi connectivity index (χ4n) is 3.71. The summed E-state index contributed by atoms with van der Waals surface area (Å²) in [5, 5.41) is 23.0. The topological polar surface area (TPSA) is 358 Å². The van der Waals surface area contributed by atoms with Gasteiger partial charge in [-0.2, -0.15) is 0 Å². The average Bonchev–Trinajstić information content (AvgIpc) is 3.36. The second-order valence-electron chi connectivity index (χ2n) is 7.55. The van der Waals surface area contributed by atoms with Crippen molar-refractivity contribution in [2.45, 2.75) is 36.9 Å². The molecule has 1 saturated heterocycles. The summed E-state index contributed by atoms with van der Waals surface area (Å²) in [5.41, 5.74) is 13.1. The minimum atomic E-state index is -1.53. The van der Waals surface area contributed by atoms with Crippen LogP contribution < -0.4 is 21.5 Å². The normalized spacial score (nSPS) is 19.8. The Morgan fingerprint density at radius 2 is 1.74 bits per heavy atom. The largest absolute Gasteiger partial charge is 0.497 e. The molecule has 3 aromatic rings. The molecular formula is C20H34ClN7O11. The number of ether oxygens (including phenoxy) is 2. The summed E-state index contributed by atoms with van der Waals surface area (Å²) >= 11 is 0. The van der Waals surface area contributed by atoms with Gasteiger partial charge >= 0.3 is 5.97 Å². The van der Waals surface area contributed by atoms with Crippen LogP contribution in [-0.4, -0.2) is 100 Å². The van der Waals surface area contributed by atoms with Gasteiger partial charge in [-0.3, -0.25) is 9.36 Å². The average molecular weight is 584 g/mol. The lowest BCUT2D eigenvalue weighted by atomic mass is 10.0. The number of aliphatic hydroxyl groups is 1. The van der Waals surface area contributed by atoms with Gasteiger partial charge in [0.05, 0.1) is 25.5 Å². The van der Waals surface area contributed by atoms with Crippen molar-refractivity contribution in [3.63, 3.8) is 0 Å². The number of fused-ring (bicyclic) bond motifs is 1. The van der Waals surface area contributed by atoms with Crippen LogP contribution >= 0.6 is 12.4 Å². The van der Waals surface area contributed by atoms with E-state index in [0.717, 1.165) is 5.56 Å². The van der Waals surface area contributed by atoms with E-state index in [-0.39, 0.29) is 63.2 Å². The van der Waals surface area contributed by atoms with Crippen LogP contribution in [0.3, 0.4) is 0 Å². The van der Waals surface area contributed by atoms with Crippen LogP contribution in [0, 0.1) is 0 Å². The molecule has 17 N–H and O–H groups in total. The van der Waals surface area contributed by atoms with E-state index in [1.807, 2.05) is 0 Å². The Morgan fingerprint density at radius 1 is 1.13 bits per heavy atom. The van der Waals surface area contributed by atoms with Crippen LogP contribution in [0.5, 0.6) is 5.75 Å². The molecule has 0 aliphatic carbocycles. The minimum absolute atomic E-state index is 0. The molecule has 1 aliphatic heterocycles. The first-order valence-corrected chi connectivity index (χ1v) is 9.98. The molecule has 1 fully saturated rings. The molecule has 222 valence electrons. The highest BCUT2D eigenvalue weighted by Crippen LogP contribution is 2.32. The Hall–Kier alpha value is -3.72. The number of nitrogens with one attached hydrogen (secondary N) is 1. The molecular weight excluding hydrogens is 550 g/mol. The summed E-state index contributed by atoms with van der Waals surface area (Å²) in [7, 11) is 1.55. The number of aromatic nitrogens is 4. The first-order chi connectivity index (χ1) is 15.8. The number of anilines is 1. The number of halogens is 1. The smallest absolute Gasteiger partial charge is 0.335 e. The quantitative estimate of drug-likeness (QED) is 0.175. The van der Waals surface area contributed by atoms with Crippen LogP contribution in [-0.2, 0) is 20.7 Å². The molecule has 3 heterocycles. The Bertz CT molecular complexity index is 1180. The molecule has 1 amide bonds. The van der Waals surface area contributed by atoms with E-state index in [0.29, 0.717) is 5.75 Å². The molecule has 39 heavy (non-hydrogen) atoms. The predicted octanol–water partition coefficient (Wildman–Crippen LogP) is -4.89. The maximum Gasteiger partial charge on any atom is 0.335 e. The van der Waals surface area contributed by atoms with Crippen molar-refractivity contribution in [3.8, 4) is 5.75 Å². The van der Waals surface area contributed by atoms with E-state index in [4.69, 9.17) is 20.9 Å². The number of benzene rings is 1. The summed E-state index contributed by atoms with van der Waals surface area (Å²) in [5.74, 6) is -1.20. The monoisotopic (exact) mass is 583 g/mol. The number of nitrogens with two attached hydrogens (primary N) is 2. The number of amides is 1. The predicted molar refractivity (Wildman–Crippen MR) is 139 cm³/mol. The van der Waals surface area contributed by atoms with Gasteiger partial charge in [-0.1, -0.05) is 12.1 Å². The molecule has 0 spiro atoms. The summed E-state index contributed by atoms with van der Waals surface area (Å²) in [6, 6.07) is 4.77. The molecule has 18 nitrogen and oxygen atoms in total. The standard InChI is InChI=1S/C20H23N7O6.ClH.5H2O/c1-32-10-4-2-9(3-5-10)6-11(21)18(29)26-12-14(28)19(33-15(12)20(30)31)27-8-25-13-16(22)23-7-24-17(13)27;;;;;;/h2-5,7-8,11-12,14-15,19,28H,6,21H2,1H3,(H,26,29)(H,30,31)(H2,22,23,24);1H;5*1H2/t11?,12-,14+,15-,19+;;;;;;/m0....../s1. The zero-order chi connectivity index (χ0) is 23.7. The third-order valence-corrected chi connectivity index (χ3v) is 5.44. The molecule has 0 saturated carbocycles. The van der Waals surface area contributed by atoms with E-state index in [1.165, 1.54) is 17.2 Å². The number of carbonyl (C=O) groups is 2. The fourth-order valence-corrected chi connectivity index (χ4v) is 3.71. The lowest BCUT2D eigenvalue weighted by Crippen LogP contribution is -2.54. The molecule has 1 aromatic carbocycles. The number of hydrogen-bond acceptors (Lipinski definition) is 10. The zero-order valence-electron chi connectivity index (χ0n) is 20.4. The molecule has 19 heteroatoms. The first-order valence-electron chi connectivity index (χ1n) is 9.98. The van der Waals surface area contributed by atoms with Gasteiger partial charge in [0.2, 0.25) is 5.91 Å². The molecule has 0 bridgehead atoms. The number of carboxylic acids is 1. The van der Waals surface area contributed by atoms with Crippen molar-refractivity contribution in [1.29, 1.82) is 0 Å². The number of aliphatic hydroxyl groups excluding tert-OH is 1. The number of imidazole rings is 1. The zero-order valence-corrected chi connectivity index (χ0v) is 21.3. The van der Waals surface area contributed by atoms with E-state index < -0.39 is 42.4 Å². The van der Waals surface area contributed by atoms with Gasteiger partial charge in [0.1, 0.15) is 23.7 Å². The number of nitrogens with zero attached hydrogens (tertiary/aromatic N) is 4. The number of nitrogen functional groups attached to an aromatic ring is 1. The van der Waals surface area contributed by atoms with E-state index in [1.54, 1.807) is 31.4 Å². The van der Waals surface area contributed by atoms with E-state index >= 15 is 0 Å². The van der Waals surface area contributed by atoms with Crippen molar-refractivity contribution >= 4 is 41.3 Å². The van der Waals surface area contributed by atoms with Gasteiger partial charge in [-0.15, -0.1) is 12.4 Å². The maximum atomic E-state index is 12.7. The number of rotatable bonds is 7. The summed E-state index contributed by atoms with van der Waals surface area (Å²) in [4.78, 5) is 36.5. The SMILES string of the molecule is COc1ccc(CC(N)C(=O)N[C@H]2[C@@H](O)[C@H](n3cnc4c(N)ncnc43)O[C@@H]2C(=O)O)cc1.Cl.O.O.O.O.O. The van der Waals surface area contributed by atoms with Gasteiger partial charge in [-0.05, 0) is 24.1 Å². The highest BCUT2D eigenvalue weighted by atomic mass is 35.5. The van der Waals surface area contributed by atoms with Crippen molar-refractivity contribution in [2.24, 2.45) is 5.73 Å². The van der Waals surface area contributed by atoms with E-state index in [9.17, 15) is 19.8 Å². The highest BCUT2D eigenvalue weighted by Gasteiger charge is 2.49. The van der Waals surface area contributed by atoms with Gasteiger partial charge in [0.15, 0.2) is 23.8 Å². The number of carbonyl (C=O) groups excluding carboxylic acids is 1. The number of hydrogen-bond donors (Lipinski definition) is 5. The van der Waals surface area contributed by atoms with Gasteiger partial charge in [0.25, 0.3) is 0 Å². The van der Waals surface area contributed by atoms with Crippen molar-refractivity contribution in [1.82, 2.24) is 24.8 Å². The Morgan fingerprint density at radius 3 is 2.31 bits per heavy atom. The number of carboxylic acid groups (broad SMARTS) is 1. The molecule has 1 unspecified atom stereocenters. The number of aliphatic carboxylic acids is 1. The van der Waals surface area contributed by atoms with Crippen molar-refractivity contribution in [3.05, 3.63) is 42.5 Å². The highest BCUT2D eigenvalue weighted by molar-refractivity contribution is 5.85. The third-order valence-electron chi connectivity index (χ3n) is 5.44. The number of methoxy groups -OCH3 is 1. The Balaban J connectivity index is -0.00000216. The lowest BCUT2D eigenvalue weighted by molar-refractivity contribution is -0.152. The molecule has 5 atom stereocenters. The first kappa shape index (κ1) is 39.8. The lowest BCUT2D eigenvalue weighted by Gasteiger charge is -2.22. The Labute approximate surface area is 226 Å². The second kappa shape index (κ2) is 16.3. The summed E-state index contributed by atoms with van der Waals surface area (Å²) in [6.07, 6.45) is -1.43. The van der Waals surface area contributed by atoms with Crippen LogP contribution in [0.4, 0.5) is 5.82 Å². The van der Waals surface area contributed by atoms with Crippen molar-refractivity contribution in [2.75, 3.05) is 12.8 Å². The summed E-state index contributed by atoms with van der Waals surface area (Å²) < 4.78 is 12.0. The second-order valence-corrected chi connectivity index (χ2v) is 7.55. The minimum Gasteiger partial charge on any atom is -0.497 e. The third kappa shape index (κ3) is 7.89. The van der Waals surface area contributed by atoms with E-state index in [2.05, 4.69) is 20.3 Å². The summed E-state index contributed by atoms with van der Waals surface area (Å²) in [6.45, 7) is 0. The Kier molecular flexibility index (Phi) is 16.6. The fraction of sp³-hybridized carbons (Fsp3) is 0.350. The van der Waals surface area contributed by atoms with Gasteiger partial charge in [0, 0.05) is 0 Å². The van der Waals surface area contributed by atoms with Gasteiger partial charge < -0.3 is 63.9 Å². The molecule has 4 rings (SSSR count). The van der Waals surface area contributed by atoms with Crippen LogP contribution in [0.2, 0.25) is 0 Å². The molecule has 2 aromatic heterocycles. The van der Waals surface area contributed by atoms with Crippen LogP contribution in [0.25, 0.3) is 11.2 Å². The van der Waals surface area contributed by atoms with Crippen LogP contribution in [0.1, 0.15) is 11.8 Å². The molecule has 0 radical (unpaired) electrons.